The maximum atomic E-state index is 12.2. The predicted molar refractivity (Wildman–Crippen MR) is 68.2 cm³/mol. The molecule has 2 aromatic rings. The molecule has 0 unspecified atom stereocenters. The van der Waals surface area contributed by atoms with Crippen LogP contribution in [0.25, 0.3) is 0 Å². The van der Waals surface area contributed by atoms with Crippen molar-refractivity contribution < 1.29 is 4.79 Å². The lowest BCUT2D eigenvalue weighted by molar-refractivity contribution is 0.0992. The number of aromatic nitrogens is 1. The van der Waals surface area contributed by atoms with Crippen molar-refractivity contribution in [3.8, 4) is 0 Å². The SMILES string of the molecule is Cc1ccccc1CC(=O)c1ccncc1C. The first-order valence-electron chi connectivity index (χ1n) is 5.67. The predicted octanol–water partition coefficient (Wildman–Crippen LogP) is 3.12. The van der Waals surface area contributed by atoms with Gasteiger partial charge in [-0.1, -0.05) is 24.3 Å². The molecular weight excluding hydrogens is 210 g/mol. The van der Waals surface area contributed by atoms with Gasteiger partial charge in [0.2, 0.25) is 0 Å². The van der Waals surface area contributed by atoms with Crippen LogP contribution >= 0.6 is 0 Å². The van der Waals surface area contributed by atoms with Crippen LogP contribution in [0.4, 0.5) is 0 Å². The van der Waals surface area contributed by atoms with E-state index in [9.17, 15) is 4.79 Å². The van der Waals surface area contributed by atoms with Gasteiger partial charge in [-0.2, -0.15) is 0 Å². The number of carbonyl (C=O) groups is 1. The largest absolute Gasteiger partial charge is 0.294 e. The van der Waals surface area contributed by atoms with Gasteiger partial charge in [-0.15, -0.1) is 0 Å². The summed E-state index contributed by atoms with van der Waals surface area (Å²) in [5.74, 6) is 0.152. The van der Waals surface area contributed by atoms with Crippen molar-refractivity contribution in [3.05, 3.63) is 65.0 Å². The Morgan fingerprint density at radius 3 is 2.59 bits per heavy atom. The van der Waals surface area contributed by atoms with Gasteiger partial charge in [0.05, 0.1) is 0 Å². The van der Waals surface area contributed by atoms with Crippen LogP contribution in [0.1, 0.15) is 27.0 Å². The van der Waals surface area contributed by atoms with Crippen LogP contribution < -0.4 is 0 Å². The third-order valence-electron chi connectivity index (χ3n) is 2.93. The topological polar surface area (TPSA) is 30.0 Å². The van der Waals surface area contributed by atoms with Gasteiger partial charge in [-0.05, 0) is 36.6 Å². The zero-order valence-electron chi connectivity index (χ0n) is 10.1. The number of hydrogen-bond acceptors (Lipinski definition) is 2. The van der Waals surface area contributed by atoms with Crippen molar-refractivity contribution in [2.24, 2.45) is 0 Å². The number of carbonyl (C=O) groups excluding carboxylic acids is 1. The average molecular weight is 225 g/mol. The van der Waals surface area contributed by atoms with Gasteiger partial charge in [0.15, 0.2) is 5.78 Å². The summed E-state index contributed by atoms with van der Waals surface area (Å²) in [6.45, 7) is 3.94. The first-order valence-corrected chi connectivity index (χ1v) is 5.67. The molecule has 0 fully saturated rings. The first kappa shape index (κ1) is 11.5. The van der Waals surface area contributed by atoms with E-state index < -0.39 is 0 Å². The molecule has 0 aliphatic carbocycles. The molecule has 86 valence electrons. The Morgan fingerprint density at radius 2 is 1.88 bits per heavy atom. The summed E-state index contributed by atoms with van der Waals surface area (Å²) in [6.07, 6.45) is 3.85. The van der Waals surface area contributed by atoms with E-state index in [1.165, 1.54) is 0 Å². The van der Waals surface area contributed by atoms with E-state index in [0.717, 1.165) is 22.3 Å². The van der Waals surface area contributed by atoms with Crippen LogP contribution in [0.5, 0.6) is 0 Å². The Morgan fingerprint density at radius 1 is 1.12 bits per heavy atom. The number of ketones is 1. The second-order valence-corrected chi connectivity index (χ2v) is 4.22. The average Bonchev–Trinajstić information content (AvgIpc) is 2.32. The molecule has 0 amide bonds. The normalized spacial score (nSPS) is 10.2. The molecule has 0 spiro atoms. The highest BCUT2D eigenvalue weighted by Crippen LogP contribution is 2.13. The number of rotatable bonds is 3. The first-order chi connectivity index (χ1) is 8.18. The molecule has 2 rings (SSSR count). The highest BCUT2D eigenvalue weighted by molar-refractivity contribution is 5.98. The molecule has 17 heavy (non-hydrogen) atoms. The molecule has 0 atom stereocenters. The molecule has 0 saturated heterocycles. The fourth-order valence-electron chi connectivity index (χ4n) is 1.86. The van der Waals surface area contributed by atoms with E-state index in [1.807, 2.05) is 38.1 Å². The van der Waals surface area contributed by atoms with Gasteiger partial charge in [0.25, 0.3) is 0 Å². The summed E-state index contributed by atoms with van der Waals surface area (Å²) in [5, 5.41) is 0. The minimum Gasteiger partial charge on any atom is -0.294 e. The van der Waals surface area contributed by atoms with E-state index in [1.54, 1.807) is 18.5 Å². The van der Waals surface area contributed by atoms with Crippen LogP contribution in [0.15, 0.2) is 42.7 Å². The quantitative estimate of drug-likeness (QED) is 0.751. The second kappa shape index (κ2) is 4.91. The van der Waals surface area contributed by atoms with Crippen LogP contribution in [0.3, 0.4) is 0 Å². The number of hydrogen-bond donors (Lipinski definition) is 0. The van der Waals surface area contributed by atoms with Gasteiger partial charge in [-0.3, -0.25) is 9.78 Å². The maximum Gasteiger partial charge on any atom is 0.167 e. The Kier molecular flexibility index (Phi) is 3.33. The Balaban J connectivity index is 2.24. The van der Waals surface area contributed by atoms with Crippen molar-refractivity contribution >= 4 is 5.78 Å². The Labute approximate surface area is 101 Å². The molecule has 2 heteroatoms. The minimum absolute atomic E-state index is 0.152. The molecule has 0 saturated carbocycles. The van der Waals surface area contributed by atoms with E-state index in [0.29, 0.717) is 6.42 Å². The fraction of sp³-hybridized carbons (Fsp3) is 0.200. The number of benzene rings is 1. The van der Waals surface area contributed by atoms with Gasteiger partial charge < -0.3 is 0 Å². The molecular formula is C15H15NO. The molecule has 1 heterocycles. The molecule has 0 aliphatic heterocycles. The third kappa shape index (κ3) is 2.59. The smallest absolute Gasteiger partial charge is 0.167 e. The molecule has 1 aromatic carbocycles. The van der Waals surface area contributed by atoms with E-state index >= 15 is 0 Å². The molecule has 1 aromatic heterocycles. The van der Waals surface area contributed by atoms with Crippen molar-refractivity contribution in [1.29, 1.82) is 0 Å². The maximum absolute atomic E-state index is 12.2. The zero-order valence-corrected chi connectivity index (χ0v) is 10.1. The van der Waals surface area contributed by atoms with E-state index in [-0.39, 0.29) is 5.78 Å². The standard InChI is InChI=1S/C15H15NO/c1-11-5-3-4-6-13(11)9-15(17)14-7-8-16-10-12(14)2/h3-8,10H,9H2,1-2H3. The second-order valence-electron chi connectivity index (χ2n) is 4.22. The number of aryl methyl sites for hydroxylation is 2. The lowest BCUT2D eigenvalue weighted by Crippen LogP contribution is -2.06. The van der Waals surface area contributed by atoms with Crippen molar-refractivity contribution in [2.75, 3.05) is 0 Å². The third-order valence-corrected chi connectivity index (χ3v) is 2.93. The van der Waals surface area contributed by atoms with Crippen LogP contribution in [-0.4, -0.2) is 10.8 Å². The summed E-state index contributed by atoms with van der Waals surface area (Å²) in [7, 11) is 0. The zero-order chi connectivity index (χ0) is 12.3. The molecule has 0 N–H and O–H groups in total. The number of nitrogens with zero attached hydrogens (tertiary/aromatic N) is 1. The van der Waals surface area contributed by atoms with Crippen molar-refractivity contribution in [2.45, 2.75) is 20.3 Å². The monoisotopic (exact) mass is 225 g/mol. The van der Waals surface area contributed by atoms with Crippen molar-refractivity contribution in [1.82, 2.24) is 4.98 Å². The molecule has 0 bridgehead atoms. The van der Waals surface area contributed by atoms with Gasteiger partial charge >= 0.3 is 0 Å². The molecule has 2 nitrogen and oxygen atoms in total. The van der Waals surface area contributed by atoms with Gasteiger partial charge in [0, 0.05) is 24.4 Å². The molecule has 0 radical (unpaired) electrons. The van der Waals surface area contributed by atoms with Gasteiger partial charge in [0.1, 0.15) is 0 Å². The lowest BCUT2D eigenvalue weighted by Gasteiger charge is -2.06. The number of pyridine rings is 1. The highest BCUT2D eigenvalue weighted by atomic mass is 16.1. The van der Waals surface area contributed by atoms with Crippen LogP contribution in [0.2, 0.25) is 0 Å². The van der Waals surface area contributed by atoms with Crippen molar-refractivity contribution in [3.63, 3.8) is 0 Å². The number of Topliss-reactive ketones (excluding diaryl/α,β-unsaturated/α-hetero) is 1. The summed E-state index contributed by atoms with van der Waals surface area (Å²) in [5.41, 5.74) is 3.95. The Bertz CT molecular complexity index is 546. The molecule has 0 aliphatic rings. The summed E-state index contributed by atoms with van der Waals surface area (Å²) in [6, 6.07) is 9.78. The summed E-state index contributed by atoms with van der Waals surface area (Å²) in [4.78, 5) is 16.2. The van der Waals surface area contributed by atoms with E-state index in [2.05, 4.69) is 4.98 Å². The van der Waals surface area contributed by atoms with Crippen LogP contribution in [-0.2, 0) is 6.42 Å². The fourth-order valence-corrected chi connectivity index (χ4v) is 1.86. The lowest BCUT2D eigenvalue weighted by atomic mass is 9.98. The minimum atomic E-state index is 0.152. The van der Waals surface area contributed by atoms with Crippen LogP contribution in [0, 0.1) is 13.8 Å². The summed E-state index contributed by atoms with van der Waals surface area (Å²) < 4.78 is 0. The van der Waals surface area contributed by atoms with Gasteiger partial charge in [-0.25, -0.2) is 0 Å². The van der Waals surface area contributed by atoms with E-state index in [4.69, 9.17) is 0 Å². The Hall–Kier alpha value is -1.96. The summed E-state index contributed by atoms with van der Waals surface area (Å²) >= 11 is 0. The highest BCUT2D eigenvalue weighted by Gasteiger charge is 2.10.